The number of aliphatic hydroxyl groups is 8. The summed E-state index contributed by atoms with van der Waals surface area (Å²) in [6.45, 7) is 2.53. The SMILES string of the molecule is CC/C=C\C/C=C\C/C=C\C/C=C\CCCCCCCCCCC(=O)NC(COC1OC(CO)C(OC2OC(CO)C(O)C(O)C2O)C(O)C1O)C(O)/C=C/CC/C=C/CC/C=C/CCC. The van der Waals surface area contributed by atoms with Crippen molar-refractivity contribution in [3.63, 3.8) is 0 Å². The molecule has 9 N–H and O–H groups in total. The van der Waals surface area contributed by atoms with Crippen molar-refractivity contribution in [2.24, 2.45) is 0 Å². The summed E-state index contributed by atoms with van der Waals surface area (Å²) in [5.41, 5.74) is 0. The standard InChI is InChI=1S/C52H87NO13/c1-3-5-7-9-11-13-15-16-17-18-19-20-21-22-23-24-26-28-30-32-34-36-44(57)53-40(41(56)35-33-31-29-27-25-14-12-10-8-6-4-2)39-63-51-49(62)47(60)50(43(38-55)65-51)66-52-48(61)46(59)45(58)42(37-54)64-52/h5,7-8,10-11,13,16-17,19-20,25,27,33,35,40-43,45-52,54-56,58-62H,3-4,6,9,12,14-15,18,21-24,26,28-32,34,36-39H2,1-2H3,(H,53,57)/b7-5-,10-8+,13-11-,17-16-,20-19-,27-25+,35-33+. The fourth-order valence-corrected chi connectivity index (χ4v) is 7.49. The normalized spacial score (nSPS) is 27.5. The van der Waals surface area contributed by atoms with Crippen LogP contribution in [0, 0.1) is 0 Å². The second kappa shape index (κ2) is 38.1. The molecule has 378 valence electrons. The fraction of sp³-hybridized carbons (Fsp3) is 0.712. The minimum Gasteiger partial charge on any atom is -0.394 e. The van der Waals surface area contributed by atoms with E-state index in [9.17, 15) is 45.6 Å². The number of aliphatic hydroxyl groups excluding tert-OH is 8. The van der Waals surface area contributed by atoms with Crippen molar-refractivity contribution in [3.8, 4) is 0 Å². The smallest absolute Gasteiger partial charge is 0.220 e. The van der Waals surface area contributed by atoms with E-state index in [1.54, 1.807) is 6.08 Å². The molecule has 14 nitrogen and oxygen atoms in total. The van der Waals surface area contributed by atoms with Gasteiger partial charge in [0.25, 0.3) is 0 Å². The maximum atomic E-state index is 13.1. The lowest BCUT2D eigenvalue weighted by Gasteiger charge is -2.46. The number of unbranched alkanes of at least 4 members (excludes halogenated alkanes) is 11. The maximum absolute atomic E-state index is 13.1. The quantitative estimate of drug-likeness (QED) is 0.0252. The molecular formula is C52H87NO13. The third-order valence-corrected chi connectivity index (χ3v) is 11.5. The first-order valence-corrected chi connectivity index (χ1v) is 24.8. The van der Waals surface area contributed by atoms with Gasteiger partial charge in [-0.2, -0.15) is 0 Å². The van der Waals surface area contributed by atoms with E-state index in [2.05, 4.69) is 92.1 Å². The molecule has 2 rings (SSSR count). The average Bonchev–Trinajstić information content (AvgIpc) is 3.31. The van der Waals surface area contributed by atoms with Gasteiger partial charge in [0.15, 0.2) is 12.6 Å². The van der Waals surface area contributed by atoms with Crippen LogP contribution in [-0.2, 0) is 23.7 Å². The molecule has 66 heavy (non-hydrogen) atoms. The molecule has 0 aromatic rings. The van der Waals surface area contributed by atoms with Crippen LogP contribution in [0.25, 0.3) is 0 Å². The highest BCUT2D eigenvalue weighted by Crippen LogP contribution is 2.30. The van der Waals surface area contributed by atoms with Gasteiger partial charge in [0.2, 0.25) is 5.91 Å². The highest BCUT2D eigenvalue weighted by molar-refractivity contribution is 5.76. The Balaban J connectivity index is 1.83. The monoisotopic (exact) mass is 934 g/mol. The molecule has 2 heterocycles. The molecule has 1 amide bonds. The van der Waals surface area contributed by atoms with E-state index >= 15 is 0 Å². The molecule has 2 aliphatic rings. The molecule has 12 unspecified atom stereocenters. The summed E-state index contributed by atoms with van der Waals surface area (Å²) in [6.07, 6.45) is 32.0. The van der Waals surface area contributed by atoms with Crippen LogP contribution in [0.15, 0.2) is 85.1 Å². The van der Waals surface area contributed by atoms with Gasteiger partial charge in [-0.15, -0.1) is 0 Å². The number of carbonyl (C=O) groups is 1. The lowest BCUT2D eigenvalue weighted by Crippen LogP contribution is -2.65. The van der Waals surface area contributed by atoms with Crippen LogP contribution < -0.4 is 5.32 Å². The van der Waals surface area contributed by atoms with E-state index in [4.69, 9.17) is 18.9 Å². The van der Waals surface area contributed by atoms with Gasteiger partial charge in [0.1, 0.15) is 48.8 Å². The number of nitrogens with one attached hydrogen (secondary N) is 1. The van der Waals surface area contributed by atoms with E-state index in [0.29, 0.717) is 12.8 Å². The predicted molar refractivity (Wildman–Crippen MR) is 258 cm³/mol. The van der Waals surface area contributed by atoms with Gasteiger partial charge >= 0.3 is 0 Å². The van der Waals surface area contributed by atoms with Gasteiger partial charge in [0.05, 0.1) is 32.0 Å². The molecule has 2 aliphatic heterocycles. The van der Waals surface area contributed by atoms with Crippen molar-refractivity contribution in [2.45, 2.75) is 216 Å². The largest absolute Gasteiger partial charge is 0.394 e. The minimum atomic E-state index is -1.80. The van der Waals surface area contributed by atoms with Crippen molar-refractivity contribution in [1.82, 2.24) is 5.32 Å². The highest BCUT2D eigenvalue weighted by atomic mass is 16.7. The zero-order valence-corrected chi connectivity index (χ0v) is 39.9. The van der Waals surface area contributed by atoms with Crippen LogP contribution in [0.4, 0.5) is 0 Å². The van der Waals surface area contributed by atoms with Gasteiger partial charge in [-0.25, -0.2) is 0 Å². The number of allylic oxidation sites excluding steroid dienone is 13. The Morgan fingerprint density at radius 3 is 1.65 bits per heavy atom. The van der Waals surface area contributed by atoms with Gasteiger partial charge in [-0.1, -0.05) is 144 Å². The van der Waals surface area contributed by atoms with E-state index in [0.717, 1.165) is 89.9 Å². The number of carbonyl (C=O) groups excluding carboxylic acids is 1. The molecular weight excluding hydrogens is 847 g/mol. The summed E-state index contributed by atoms with van der Waals surface area (Å²) < 4.78 is 22.6. The van der Waals surface area contributed by atoms with E-state index in [-0.39, 0.29) is 18.9 Å². The van der Waals surface area contributed by atoms with Crippen molar-refractivity contribution < 1.29 is 64.6 Å². The van der Waals surface area contributed by atoms with E-state index in [1.165, 1.54) is 19.3 Å². The Kier molecular flexibility index (Phi) is 34.2. The highest BCUT2D eigenvalue weighted by Gasteiger charge is 2.51. The number of hydrogen-bond acceptors (Lipinski definition) is 13. The van der Waals surface area contributed by atoms with Crippen LogP contribution in [0.2, 0.25) is 0 Å². The van der Waals surface area contributed by atoms with E-state index < -0.39 is 86.8 Å². The first-order valence-electron chi connectivity index (χ1n) is 24.8. The van der Waals surface area contributed by atoms with Crippen molar-refractivity contribution in [1.29, 1.82) is 0 Å². The number of ether oxygens (including phenoxy) is 4. The maximum Gasteiger partial charge on any atom is 0.220 e. The summed E-state index contributed by atoms with van der Waals surface area (Å²) in [5.74, 6) is -0.269. The van der Waals surface area contributed by atoms with Crippen LogP contribution in [0.1, 0.15) is 142 Å². The Morgan fingerprint density at radius 2 is 1.06 bits per heavy atom. The molecule has 0 aliphatic carbocycles. The van der Waals surface area contributed by atoms with Crippen LogP contribution in [0.3, 0.4) is 0 Å². The molecule has 2 saturated heterocycles. The Hall–Kier alpha value is -2.83. The number of amides is 1. The molecule has 0 bridgehead atoms. The molecule has 2 fully saturated rings. The van der Waals surface area contributed by atoms with Gasteiger partial charge in [-0.05, 0) is 77.0 Å². The molecule has 12 atom stereocenters. The molecule has 0 aromatic carbocycles. The van der Waals surface area contributed by atoms with Crippen molar-refractivity contribution in [2.75, 3.05) is 19.8 Å². The first-order chi connectivity index (χ1) is 32.1. The summed E-state index contributed by atoms with van der Waals surface area (Å²) in [5, 5.41) is 86.6. The Bertz CT molecular complexity index is 1430. The molecule has 0 saturated carbocycles. The van der Waals surface area contributed by atoms with Gasteiger partial charge in [-0.3, -0.25) is 4.79 Å². The molecule has 14 heteroatoms. The number of hydrogen-bond donors (Lipinski definition) is 9. The molecule has 0 aromatic heterocycles. The Labute approximate surface area is 395 Å². The molecule has 0 spiro atoms. The first kappa shape index (κ1) is 59.3. The van der Waals surface area contributed by atoms with Crippen molar-refractivity contribution in [3.05, 3.63) is 85.1 Å². The second-order valence-electron chi connectivity index (χ2n) is 17.2. The summed E-state index contributed by atoms with van der Waals surface area (Å²) in [7, 11) is 0. The van der Waals surface area contributed by atoms with Crippen LogP contribution in [0.5, 0.6) is 0 Å². The van der Waals surface area contributed by atoms with Gasteiger partial charge in [0, 0.05) is 6.42 Å². The zero-order valence-electron chi connectivity index (χ0n) is 39.9. The summed E-state index contributed by atoms with van der Waals surface area (Å²) in [6, 6.07) is -0.945. The topological polar surface area (TPSA) is 228 Å². The zero-order chi connectivity index (χ0) is 48.2. The third-order valence-electron chi connectivity index (χ3n) is 11.5. The summed E-state index contributed by atoms with van der Waals surface area (Å²) >= 11 is 0. The van der Waals surface area contributed by atoms with Crippen LogP contribution >= 0.6 is 0 Å². The summed E-state index contributed by atoms with van der Waals surface area (Å²) in [4.78, 5) is 13.1. The van der Waals surface area contributed by atoms with Crippen LogP contribution in [-0.4, -0.2) is 140 Å². The third kappa shape index (κ3) is 25.0. The fourth-order valence-electron chi connectivity index (χ4n) is 7.49. The van der Waals surface area contributed by atoms with Gasteiger partial charge < -0.3 is 65.1 Å². The average molecular weight is 934 g/mol. The number of rotatable bonds is 36. The minimum absolute atomic E-state index is 0.255. The lowest BCUT2D eigenvalue weighted by atomic mass is 9.97. The predicted octanol–water partition coefficient (Wildman–Crippen LogP) is 6.21. The lowest BCUT2D eigenvalue weighted by molar-refractivity contribution is -0.359. The second-order valence-corrected chi connectivity index (χ2v) is 17.2. The van der Waals surface area contributed by atoms with Crippen molar-refractivity contribution >= 4 is 5.91 Å². The molecule has 0 radical (unpaired) electrons. The van der Waals surface area contributed by atoms with E-state index in [1.807, 2.05) is 6.08 Å². The Morgan fingerprint density at radius 1 is 0.561 bits per heavy atom.